The molecule has 1 N–H and O–H groups in total. The molecular formula is C25H20Cl2N2O3. The first-order chi connectivity index (χ1) is 15.3. The number of benzene rings is 3. The van der Waals surface area contributed by atoms with Gasteiger partial charge in [-0.3, -0.25) is 4.79 Å². The molecule has 32 heavy (non-hydrogen) atoms. The van der Waals surface area contributed by atoms with Crippen LogP contribution >= 0.6 is 23.2 Å². The van der Waals surface area contributed by atoms with Gasteiger partial charge in [0.15, 0.2) is 0 Å². The predicted octanol–water partition coefficient (Wildman–Crippen LogP) is 5.76. The standard InChI is InChI=1S/C25H20Cl2N2O3/c1-16(19-9-5-8-18(12-19)15-28)29(24(30)21-11-10-20(26)14-22(21)27)23(25(31)32)13-17-6-3-2-4-7-17/h2-12,14,16,23H,13H2,1H3,(H,31,32). The van der Waals surface area contributed by atoms with E-state index in [1.165, 1.54) is 23.1 Å². The number of halogens is 2. The van der Waals surface area contributed by atoms with Gasteiger partial charge in [0, 0.05) is 11.4 Å². The zero-order valence-corrected chi connectivity index (χ0v) is 18.7. The van der Waals surface area contributed by atoms with E-state index in [9.17, 15) is 20.0 Å². The molecule has 1 amide bonds. The SMILES string of the molecule is CC(c1cccc(C#N)c1)N(C(=O)c1ccc(Cl)cc1Cl)C(Cc1ccccc1)C(=O)O. The highest BCUT2D eigenvalue weighted by Gasteiger charge is 2.35. The molecule has 0 radical (unpaired) electrons. The maximum absolute atomic E-state index is 13.7. The lowest BCUT2D eigenvalue weighted by molar-refractivity contribution is -0.143. The number of nitrogens with zero attached hydrogens (tertiary/aromatic N) is 2. The van der Waals surface area contributed by atoms with Gasteiger partial charge in [0.05, 0.1) is 28.3 Å². The number of nitriles is 1. The summed E-state index contributed by atoms with van der Waals surface area (Å²) >= 11 is 12.3. The summed E-state index contributed by atoms with van der Waals surface area (Å²) in [4.78, 5) is 27.3. The summed E-state index contributed by atoms with van der Waals surface area (Å²) in [5.41, 5.74) is 1.99. The second kappa shape index (κ2) is 10.3. The second-order valence-corrected chi connectivity index (χ2v) is 8.14. The van der Waals surface area contributed by atoms with Crippen molar-refractivity contribution in [3.8, 4) is 6.07 Å². The van der Waals surface area contributed by atoms with E-state index in [1.54, 1.807) is 31.2 Å². The molecule has 3 aromatic rings. The van der Waals surface area contributed by atoms with Crippen molar-refractivity contribution in [3.63, 3.8) is 0 Å². The molecule has 7 heteroatoms. The van der Waals surface area contributed by atoms with Gasteiger partial charge in [-0.25, -0.2) is 4.79 Å². The Morgan fingerprint density at radius 3 is 2.38 bits per heavy atom. The predicted molar refractivity (Wildman–Crippen MR) is 124 cm³/mol. The summed E-state index contributed by atoms with van der Waals surface area (Å²) in [5.74, 6) is -1.68. The average Bonchev–Trinajstić information content (AvgIpc) is 2.79. The van der Waals surface area contributed by atoms with Crippen molar-refractivity contribution in [1.29, 1.82) is 5.26 Å². The van der Waals surface area contributed by atoms with Gasteiger partial charge in [-0.15, -0.1) is 0 Å². The topological polar surface area (TPSA) is 81.4 Å². The van der Waals surface area contributed by atoms with Crippen molar-refractivity contribution in [2.45, 2.75) is 25.4 Å². The van der Waals surface area contributed by atoms with Gasteiger partial charge in [-0.2, -0.15) is 5.26 Å². The Bertz CT molecular complexity index is 1180. The summed E-state index contributed by atoms with van der Waals surface area (Å²) in [6, 6.07) is 20.6. The Kier molecular flexibility index (Phi) is 7.53. The van der Waals surface area contributed by atoms with E-state index in [-0.39, 0.29) is 17.0 Å². The van der Waals surface area contributed by atoms with Crippen LogP contribution in [-0.4, -0.2) is 27.9 Å². The van der Waals surface area contributed by atoms with Crippen molar-refractivity contribution >= 4 is 35.1 Å². The summed E-state index contributed by atoms with van der Waals surface area (Å²) in [7, 11) is 0. The zero-order chi connectivity index (χ0) is 23.3. The molecule has 3 rings (SSSR count). The van der Waals surface area contributed by atoms with E-state index in [0.29, 0.717) is 16.1 Å². The molecule has 0 aliphatic rings. The van der Waals surface area contributed by atoms with Crippen LogP contribution in [0.15, 0.2) is 72.8 Å². The van der Waals surface area contributed by atoms with Gasteiger partial charge in [0.1, 0.15) is 6.04 Å². The van der Waals surface area contributed by atoms with E-state index in [2.05, 4.69) is 6.07 Å². The molecule has 0 aromatic heterocycles. The summed E-state index contributed by atoms with van der Waals surface area (Å²) < 4.78 is 0. The van der Waals surface area contributed by atoms with E-state index >= 15 is 0 Å². The van der Waals surface area contributed by atoms with Crippen LogP contribution in [0.5, 0.6) is 0 Å². The third-order valence-electron chi connectivity index (χ3n) is 5.20. The fourth-order valence-corrected chi connectivity index (χ4v) is 4.05. The fourth-order valence-electron chi connectivity index (χ4n) is 3.56. The van der Waals surface area contributed by atoms with Crippen LogP contribution in [0.1, 0.15) is 40.0 Å². The molecule has 162 valence electrons. The summed E-state index contributed by atoms with van der Waals surface area (Å²) in [5, 5.41) is 19.9. The van der Waals surface area contributed by atoms with Crippen LogP contribution in [0.25, 0.3) is 0 Å². The van der Waals surface area contributed by atoms with E-state index in [0.717, 1.165) is 5.56 Å². The maximum atomic E-state index is 13.7. The lowest BCUT2D eigenvalue weighted by atomic mass is 9.97. The molecule has 0 aliphatic carbocycles. The van der Waals surface area contributed by atoms with Crippen LogP contribution in [0.2, 0.25) is 10.0 Å². The number of aliphatic carboxylic acids is 1. The lowest BCUT2D eigenvalue weighted by Gasteiger charge is -2.35. The molecule has 2 unspecified atom stereocenters. The highest BCUT2D eigenvalue weighted by atomic mass is 35.5. The van der Waals surface area contributed by atoms with E-state index in [4.69, 9.17) is 23.2 Å². The molecule has 3 aromatic carbocycles. The molecule has 0 bridgehead atoms. The van der Waals surface area contributed by atoms with Crippen LogP contribution < -0.4 is 0 Å². The van der Waals surface area contributed by atoms with Gasteiger partial charge in [-0.1, -0.05) is 65.7 Å². The third kappa shape index (κ3) is 5.28. The smallest absolute Gasteiger partial charge is 0.326 e. The minimum absolute atomic E-state index is 0.107. The van der Waals surface area contributed by atoms with Crippen molar-refractivity contribution in [1.82, 2.24) is 4.90 Å². The minimum atomic E-state index is -1.17. The Morgan fingerprint density at radius 1 is 1.03 bits per heavy atom. The largest absolute Gasteiger partial charge is 0.480 e. The molecule has 0 spiro atoms. The number of hydrogen-bond acceptors (Lipinski definition) is 3. The van der Waals surface area contributed by atoms with Gasteiger partial charge in [0.25, 0.3) is 5.91 Å². The number of amides is 1. The second-order valence-electron chi connectivity index (χ2n) is 7.29. The van der Waals surface area contributed by atoms with E-state index < -0.39 is 24.0 Å². The third-order valence-corrected chi connectivity index (χ3v) is 5.75. The van der Waals surface area contributed by atoms with Gasteiger partial charge in [0.2, 0.25) is 0 Å². The Balaban J connectivity index is 2.11. The van der Waals surface area contributed by atoms with Crippen molar-refractivity contribution in [3.05, 3.63) is 105 Å². The lowest BCUT2D eigenvalue weighted by Crippen LogP contribution is -2.47. The van der Waals surface area contributed by atoms with Gasteiger partial charge < -0.3 is 10.0 Å². The molecule has 0 saturated heterocycles. The Hall–Kier alpha value is -3.33. The molecule has 0 heterocycles. The van der Waals surface area contributed by atoms with Gasteiger partial charge >= 0.3 is 5.97 Å². The van der Waals surface area contributed by atoms with Crippen molar-refractivity contribution in [2.75, 3.05) is 0 Å². The first kappa shape index (κ1) is 23.3. The van der Waals surface area contributed by atoms with Crippen molar-refractivity contribution in [2.24, 2.45) is 0 Å². The first-order valence-electron chi connectivity index (χ1n) is 9.86. The first-order valence-corrected chi connectivity index (χ1v) is 10.6. The van der Waals surface area contributed by atoms with Gasteiger partial charge in [-0.05, 0) is 48.4 Å². The fraction of sp³-hybridized carbons (Fsp3) is 0.160. The number of carboxylic acids is 1. The molecule has 0 saturated carbocycles. The van der Waals surface area contributed by atoms with Crippen LogP contribution in [0.4, 0.5) is 0 Å². The molecule has 0 fully saturated rings. The maximum Gasteiger partial charge on any atom is 0.326 e. The molecule has 2 atom stereocenters. The highest BCUT2D eigenvalue weighted by Crippen LogP contribution is 2.30. The normalized spacial score (nSPS) is 12.4. The van der Waals surface area contributed by atoms with Crippen LogP contribution in [-0.2, 0) is 11.2 Å². The number of hydrogen-bond donors (Lipinski definition) is 1. The van der Waals surface area contributed by atoms with Crippen molar-refractivity contribution < 1.29 is 14.7 Å². The average molecular weight is 467 g/mol. The number of carboxylic acid groups (broad SMARTS) is 1. The number of carbonyl (C=O) groups is 2. The van der Waals surface area contributed by atoms with Crippen LogP contribution in [0.3, 0.4) is 0 Å². The van der Waals surface area contributed by atoms with E-state index in [1.807, 2.05) is 30.3 Å². The summed E-state index contributed by atoms with van der Waals surface area (Å²) in [6.45, 7) is 1.74. The highest BCUT2D eigenvalue weighted by molar-refractivity contribution is 6.36. The Labute approximate surface area is 196 Å². The minimum Gasteiger partial charge on any atom is -0.480 e. The monoisotopic (exact) mass is 466 g/mol. The van der Waals surface area contributed by atoms with Crippen LogP contribution in [0, 0.1) is 11.3 Å². The number of rotatable bonds is 7. The number of carbonyl (C=O) groups excluding carboxylic acids is 1. The Morgan fingerprint density at radius 2 is 1.75 bits per heavy atom. The molecule has 0 aliphatic heterocycles. The zero-order valence-electron chi connectivity index (χ0n) is 17.2. The quantitative estimate of drug-likeness (QED) is 0.479. The summed E-state index contributed by atoms with van der Waals surface area (Å²) in [6.07, 6.45) is 0.107. The molecule has 5 nitrogen and oxygen atoms in total. The molecular weight excluding hydrogens is 447 g/mol.